The van der Waals surface area contributed by atoms with Crippen LogP contribution in [0.15, 0.2) is 60.7 Å². The van der Waals surface area contributed by atoms with Gasteiger partial charge in [0.05, 0.1) is 0 Å². The first-order valence-corrected chi connectivity index (χ1v) is 12.6. The summed E-state index contributed by atoms with van der Waals surface area (Å²) in [7, 11) is -2.57. The lowest BCUT2D eigenvalue weighted by Crippen LogP contribution is -2.67. The molecule has 0 aliphatic carbocycles. The van der Waals surface area contributed by atoms with E-state index in [-0.39, 0.29) is 16.1 Å². The van der Waals surface area contributed by atoms with Crippen molar-refractivity contribution < 1.29 is 14.3 Å². The molecule has 1 aliphatic rings. The van der Waals surface area contributed by atoms with Gasteiger partial charge in [-0.15, -0.1) is 11.8 Å². The van der Waals surface area contributed by atoms with Gasteiger partial charge in [-0.05, 0) is 35.2 Å². The van der Waals surface area contributed by atoms with Crippen LogP contribution >= 0.6 is 11.8 Å². The van der Waals surface area contributed by atoms with Crippen LogP contribution in [-0.2, 0) is 9.22 Å². The Bertz CT molecular complexity index is 764. The summed E-state index contributed by atoms with van der Waals surface area (Å²) in [4.78, 5) is 10.6. The van der Waals surface area contributed by atoms with E-state index in [0.29, 0.717) is 13.0 Å². The highest BCUT2D eigenvalue weighted by atomic mass is 32.2. The van der Waals surface area contributed by atoms with Crippen molar-refractivity contribution in [1.29, 1.82) is 0 Å². The molecule has 0 aromatic heterocycles. The molecule has 1 N–H and O–H groups in total. The molecule has 3 rings (SSSR count). The topological polar surface area (TPSA) is 46.5 Å². The number of hydrogen-bond acceptors (Lipinski definition) is 4. The molecule has 1 saturated heterocycles. The number of carbonyl (C=O) groups is 1. The first-order valence-electron chi connectivity index (χ1n) is 9.85. The fraction of sp³-hybridized carbons (Fsp3) is 0.435. The lowest BCUT2D eigenvalue weighted by atomic mass is 10.1. The van der Waals surface area contributed by atoms with Crippen LogP contribution in [0.5, 0.6) is 0 Å². The highest BCUT2D eigenvalue weighted by molar-refractivity contribution is 8.02. The van der Waals surface area contributed by atoms with E-state index in [1.165, 1.54) is 29.1 Å². The van der Waals surface area contributed by atoms with Crippen molar-refractivity contribution >= 4 is 36.2 Å². The molecule has 2 aromatic carbocycles. The molecule has 0 amide bonds. The van der Waals surface area contributed by atoms with Crippen molar-refractivity contribution in [3.8, 4) is 0 Å². The maximum Gasteiger partial charge on any atom is 0.261 e. The van der Waals surface area contributed by atoms with Crippen LogP contribution in [0, 0.1) is 0 Å². The van der Waals surface area contributed by atoms with Crippen LogP contribution in [0.4, 0.5) is 0 Å². The Morgan fingerprint density at radius 3 is 2.00 bits per heavy atom. The van der Waals surface area contributed by atoms with Gasteiger partial charge in [0.1, 0.15) is 0 Å². The normalized spacial score (nSPS) is 23.0. The maximum absolute atomic E-state index is 11.8. The van der Waals surface area contributed by atoms with Crippen molar-refractivity contribution in [3.63, 3.8) is 0 Å². The van der Waals surface area contributed by atoms with E-state index in [4.69, 9.17) is 4.43 Å². The summed E-state index contributed by atoms with van der Waals surface area (Å²) in [6.07, 6.45) is 1.29. The first-order chi connectivity index (χ1) is 13.2. The summed E-state index contributed by atoms with van der Waals surface area (Å²) in [5.41, 5.74) is 0. The van der Waals surface area contributed by atoms with E-state index >= 15 is 0 Å². The smallest absolute Gasteiger partial charge is 0.261 e. The van der Waals surface area contributed by atoms with Gasteiger partial charge in [0.2, 0.25) is 0 Å². The van der Waals surface area contributed by atoms with Crippen LogP contribution < -0.4 is 10.4 Å². The van der Waals surface area contributed by atoms with Gasteiger partial charge in [-0.2, -0.15) is 0 Å². The fourth-order valence-electron chi connectivity index (χ4n) is 4.11. The van der Waals surface area contributed by atoms with Crippen molar-refractivity contribution in [2.45, 2.75) is 55.8 Å². The molecule has 0 unspecified atom stereocenters. The minimum Gasteiger partial charge on any atom is -0.406 e. The Labute approximate surface area is 173 Å². The van der Waals surface area contributed by atoms with Crippen LogP contribution in [-0.4, -0.2) is 36.0 Å². The zero-order chi connectivity index (χ0) is 20.4. The van der Waals surface area contributed by atoms with Gasteiger partial charge in [0.15, 0.2) is 10.7 Å². The predicted molar refractivity (Wildman–Crippen MR) is 120 cm³/mol. The van der Waals surface area contributed by atoms with Crippen LogP contribution in [0.1, 0.15) is 40.5 Å². The molecule has 5 heteroatoms. The minimum absolute atomic E-state index is 0.0736. The molecule has 28 heavy (non-hydrogen) atoms. The van der Waals surface area contributed by atoms with Gasteiger partial charge >= 0.3 is 0 Å². The Morgan fingerprint density at radius 1 is 1.11 bits per heavy atom. The van der Waals surface area contributed by atoms with Crippen LogP contribution in [0.2, 0.25) is 5.04 Å². The summed E-state index contributed by atoms with van der Waals surface area (Å²) in [5, 5.41) is 13.1. The van der Waals surface area contributed by atoms with E-state index in [0.717, 1.165) is 6.42 Å². The van der Waals surface area contributed by atoms with Gasteiger partial charge in [-0.1, -0.05) is 81.4 Å². The second kappa shape index (κ2) is 8.15. The van der Waals surface area contributed by atoms with Crippen molar-refractivity contribution in [2.24, 2.45) is 0 Å². The first kappa shape index (κ1) is 21.3. The molecule has 1 fully saturated rings. The van der Waals surface area contributed by atoms with Crippen molar-refractivity contribution in [3.05, 3.63) is 60.7 Å². The van der Waals surface area contributed by atoms with Gasteiger partial charge in [-0.25, -0.2) is 0 Å². The molecule has 0 radical (unpaired) electrons. The highest BCUT2D eigenvalue weighted by Crippen LogP contribution is 2.43. The number of ketones is 1. The number of hydrogen-bond donors (Lipinski definition) is 1. The lowest BCUT2D eigenvalue weighted by Gasteiger charge is -2.43. The number of Topliss-reactive ketones (excluding diaryl/α,β-unsaturated/α-hetero) is 1. The zero-order valence-electron chi connectivity index (χ0n) is 17.1. The minimum atomic E-state index is -2.57. The average molecular weight is 415 g/mol. The molecule has 0 spiro atoms. The van der Waals surface area contributed by atoms with Crippen molar-refractivity contribution in [1.82, 2.24) is 0 Å². The maximum atomic E-state index is 11.8. The van der Waals surface area contributed by atoms with E-state index in [1.54, 1.807) is 0 Å². The van der Waals surface area contributed by atoms with Gasteiger partial charge in [0, 0.05) is 11.9 Å². The number of aliphatic hydroxyl groups is 1. The second-order valence-electron chi connectivity index (χ2n) is 8.59. The van der Waals surface area contributed by atoms with Gasteiger partial charge in [0.25, 0.3) is 8.32 Å². The van der Waals surface area contributed by atoms with Crippen LogP contribution in [0.25, 0.3) is 0 Å². The average Bonchev–Trinajstić information content (AvgIpc) is 3.06. The zero-order valence-corrected chi connectivity index (χ0v) is 19.0. The number of rotatable bonds is 6. The summed E-state index contributed by atoms with van der Waals surface area (Å²) in [5.74, 6) is -0.162. The van der Waals surface area contributed by atoms with E-state index in [1.807, 2.05) is 12.1 Å². The number of thioether (sulfide) groups is 1. The summed E-state index contributed by atoms with van der Waals surface area (Å²) >= 11 is 1.37. The van der Waals surface area contributed by atoms with Crippen LogP contribution in [0.3, 0.4) is 0 Å². The van der Waals surface area contributed by atoms with E-state index in [9.17, 15) is 9.90 Å². The number of benzene rings is 2. The lowest BCUT2D eigenvalue weighted by molar-refractivity contribution is -0.127. The Balaban J connectivity index is 1.97. The van der Waals surface area contributed by atoms with Gasteiger partial charge in [-0.3, -0.25) is 4.79 Å². The molecular weight excluding hydrogens is 384 g/mol. The molecule has 2 atom stereocenters. The second-order valence-corrected chi connectivity index (χ2v) is 14.5. The Kier molecular flexibility index (Phi) is 6.20. The predicted octanol–water partition coefficient (Wildman–Crippen LogP) is 3.74. The molecule has 1 heterocycles. The summed E-state index contributed by atoms with van der Waals surface area (Å²) in [6, 6.07) is 21.1. The molecular formula is C23H30O3SSi. The molecule has 150 valence electrons. The Morgan fingerprint density at radius 2 is 1.61 bits per heavy atom. The summed E-state index contributed by atoms with van der Waals surface area (Å²) in [6.45, 7) is 8.78. The van der Waals surface area contributed by atoms with Gasteiger partial charge < -0.3 is 9.53 Å². The largest absolute Gasteiger partial charge is 0.406 e. The summed E-state index contributed by atoms with van der Waals surface area (Å²) < 4.78 is 6.92. The Hall–Kier alpha value is -1.40. The van der Waals surface area contributed by atoms with Crippen molar-refractivity contribution in [2.75, 3.05) is 6.61 Å². The fourth-order valence-corrected chi connectivity index (χ4v) is 10.2. The van der Waals surface area contributed by atoms with E-state index < -0.39 is 13.3 Å². The third kappa shape index (κ3) is 3.99. The number of carbonyl (C=O) groups excluding carboxylic acids is 1. The molecule has 2 aromatic rings. The molecule has 3 nitrogen and oxygen atoms in total. The third-order valence-corrected chi connectivity index (χ3v) is 12.2. The molecule has 0 saturated carbocycles. The monoisotopic (exact) mass is 414 g/mol. The van der Waals surface area contributed by atoms with E-state index in [2.05, 4.69) is 69.3 Å². The SMILES string of the molecule is CC(=O)[C@@]1(O)CC[C@H](CO[Si](c2ccccc2)(c2ccccc2)C(C)(C)C)S1. The third-order valence-electron chi connectivity index (χ3n) is 5.62. The quantitative estimate of drug-likeness (QED) is 0.732. The molecule has 0 bridgehead atoms. The molecule has 1 aliphatic heterocycles. The highest BCUT2D eigenvalue weighted by Gasteiger charge is 2.51. The standard InChI is InChI=1S/C23H30O3SSi/c1-18(24)23(25)16-15-19(27-23)17-26-28(22(2,3)4,20-11-7-5-8-12-20)21-13-9-6-10-14-21/h5-14,19,25H,15-17H2,1-4H3/t19-,23-/m1/s1.